The maximum atomic E-state index is 11.6. The molecule has 0 heterocycles. The molecule has 0 spiro atoms. The second-order valence-corrected chi connectivity index (χ2v) is 4.92. The summed E-state index contributed by atoms with van der Waals surface area (Å²) >= 11 is 0. The smallest absolute Gasteiger partial charge is 0.303 e. The van der Waals surface area contributed by atoms with Crippen LogP contribution in [0.4, 0.5) is 0 Å². The van der Waals surface area contributed by atoms with Crippen LogP contribution < -0.4 is 10.6 Å². The van der Waals surface area contributed by atoms with Gasteiger partial charge in [-0.05, 0) is 12.8 Å². The van der Waals surface area contributed by atoms with Gasteiger partial charge in [-0.2, -0.15) is 0 Å². The van der Waals surface area contributed by atoms with Gasteiger partial charge in [0.25, 0.3) is 0 Å². The summed E-state index contributed by atoms with van der Waals surface area (Å²) in [5, 5.41) is 13.9. The van der Waals surface area contributed by atoms with Gasteiger partial charge in [-0.25, -0.2) is 0 Å². The Balaban J connectivity index is 3.54. The number of methoxy groups -OCH3 is 1. The van der Waals surface area contributed by atoms with Crippen LogP contribution in [0.3, 0.4) is 0 Å². The number of carbonyl (C=O) groups excluding carboxylic acids is 2. The normalized spacial score (nSPS) is 11.7. The molecule has 21 heavy (non-hydrogen) atoms. The molecule has 0 radical (unpaired) electrons. The summed E-state index contributed by atoms with van der Waals surface area (Å²) < 4.78 is 4.85. The van der Waals surface area contributed by atoms with E-state index in [0.29, 0.717) is 19.7 Å². The SMILES string of the molecule is COCCNC(=O)C(C)CCCCNC(=O)CCC(=O)O. The molecule has 1 unspecified atom stereocenters. The molecular weight excluding hydrogens is 276 g/mol. The van der Waals surface area contributed by atoms with Crippen LogP contribution >= 0.6 is 0 Å². The van der Waals surface area contributed by atoms with Crippen LogP contribution in [0, 0.1) is 5.92 Å². The molecule has 0 rings (SSSR count). The fraction of sp³-hybridized carbons (Fsp3) is 0.786. The van der Waals surface area contributed by atoms with Crippen LogP contribution in [-0.2, 0) is 19.1 Å². The number of amides is 2. The van der Waals surface area contributed by atoms with E-state index in [1.165, 1.54) is 0 Å². The number of carbonyl (C=O) groups is 3. The van der Waals surface area contributed by atoms with Crippen LogP contribution in [0.1, 0.15) is 39.0 Å². The molecule has 3 N–H and O–H groups in total. The summed E-state index contributed by atoms with van der Waals surface area (Å²) in [5.74, 6) is -1.27. The Morgan fingerprint density at radius 1 is 1.10 bits per heavy atom. The first kappa shape index (κ1) is 19.4. The predicted molar refractivity (Wildman–Crippen MR) is 77.8 cm³/mol. The molecule has 0 aliphatic heterocycles. The molecule has 0 aliphatic rings. The van der Waals surface area contributed by atoms with Crippen molar-refractivity contribution < 1.29 is 24.2 Å². The number of aliphatic carboxylic acids is 1. The van der Waals surface area contributed by atoms with Gasteiger partial charge in [0.15, 0.2) is 0 Å². The van der Waals surface area contributed by atoms with Crippen molar-refractivity contribution >= 4 is 17.8 Å². The number of carboxylic acids is 1. The van der Waals surface area contributed by atoms with Crippen molar-refractivity contribution in [3.05, 3.63) is 0 Å². The van der Waals surface area contributed by atoms with Gasteiger partial charge in [-0.1, -0.05) is 13.3 Å². The van der Waals surface area contributed by atoms with Crippen molar-refractivity contribution in [2.75, 3.05) is 26.8 Å². The molecular formula is C14H26N2O5. The van der Waals surface area contributed by atoms with Gasteiger partial charge in [0.05, 0.1) is 13.0 Å². The number of hydrogen-bond acceptors (Lipinski definition) is 4. The Bertz CT molecular complexity index is 333. The van der Waals surface area contributed by atoms with Crippen molar-refractivity contribution in [3.8, 4) is 0 Å². The van der Waals surface area contributed by atoms with Gasteiger partial charge >= 0.3 is 5.97 Å². The van der Waals surface area contributed by atoms with Crippen molar-refractivity contribution in [3.63, 3.8) is 0 Å². The monoisotopic (exact) mass is 302 g/mol. The molecule has 0 aromatic heterocycles. The van der Waals surface area contributed by atoms with E-state index in [9.17, 15) is 14.4 Å². The van der Waals surface area contributed by atoms with Crippen molar-refractivity contribution in [1.29, 1.82) is 0 Å². The minimum absolute atomic E-state index is 0.00758. The highest BCUT2D eigenvalue weighted by atomic mass is 16.5. The Morgan fingerprint density at radius 2 is 1.81 bits per heavy atom. The van der Waals surface area contributed by atoms with E-state index in [-0.39, 0.29) is 30.6 Å². The third-order valence-electron chi connectivity index (χ3n) is 3.01. The zero-order valence-electron chi connectivity index (χ0n) is 12.8. The summed E-state index contributed by atoms with van der Waals surface area (Å²) in [7, 11) is 1.58. The maximum absolute atomic E-state index is 11.6. The molecule has 0 bridgehead atoms. The first-order valence-corrected chi connectivity index (χ1v) is 7.22. The lowest BCUT2D eigenvalue weighted by Gasteiger charge is -2.12. The topological polar surface area (TPSA) is 105 Å². The van der Waals surface area contributed by atoms with Gasteiger partial charge in [0.1, 0.15) is 0 Å². The summed E-state index contributed by atoms with van der Waals surface area (Å²) in [5.41, 5.74) is 0. The average molecular weight is 302 g/mol. The molecule has 2 amide bonds. The number of ether oxygens (including phenoxy) is 1. The number of carboxylic acid groups (broad SMARTS) is 1. The zero-order valence-corrected chi connectivity index (χ0v) is 12.8. The van der Waals surface area contributed by atoms with E-state index in [1.54, 1.807) is 7.11 Å². The van der Waals surface area contributed by atoms with E-state index in [4.69, 9.17) is 9.84 Å². The second kappa shape index (κ2) is 12.1. The summed E-state index contributed by atoms with van der Waals surface area (Å²) in [6.45, 7) is 3.39. The number of nitrogens with one attached hydrogen (secondary N) is 2. The standard InChI is InChI=1S/C14H26N2O5/c1-11(14(20)16-9-10-21-2)5-3-4-8-15-12(17)6-7-13(18)19/h11H,3-10H2,1-2H3,(H,15,17)(H,16,20)(H,18,19). The average Bonchev–Trinajstić information content (AvgIpc) is 2.44. The lowest BCUT2D eigenvalue weighted by Crippen LogP contribution is -2.32. The van der Waals surface area contributed by atoms with Gasteiger partial charge in [-0.15, -0.1) is 0 Å². The van der Waals surface area contributed by atoms with Gasteiger partial charge in [-0.3, -0.25) is 14.4 Å². The van der Waals surface area contributed by atoms with E-state index in [0.717, 1.165) is 19.3 Å². The molecule has 122 valence electrons. The first-order valence-electron chi connectivity index (χ1n) is 7.22. The molecule has 7 nitrogen and oxygen atoms in total. The van der Waals surface area contributed by atoms with Gasteiger partial charge < -0.3 is 20.5 Å². The highest BCUT2D eigenvalue weighted by Crippen LogP contribution is 2.07. The summed E-state index contributed by atoms with van der Waals surface area (Å²) in [6.07, 6.45) is 2.22. The fourth-order valence-corrected chi connectivity index (χ4v) is 1.69. The Kier molecular flexibility index (Phi) is 11.2. The number of rotatable bonds is 12. The molecule has 0 aromatic carbocycles. The lowest BCUT2D eigenvalue weighted by molar-refractivity contribution is -0.138. The second-order valence-electron chi connectivity index (χ2n) is 4.92. The molecule has 0 saturated carbocycles. The van der Waals surface area contributed by atoms with Crippen LogP contribution in [0.15, 0.2) is 0 Å². The Hall–Kier alpha value is -1.63. The summed E-state index contributed by atoms with van der Waals surface area (Å²) in [6, 6.07) is 0. The van der Waals surface area contributed by atoms with Crippen LogP contribution in [-0.4, -0.2) is 49.7 Å². The van der Waals surface area contributed by atoms with Crippen molar-refractivity contribution in [1.82, 2.24) is 10.6 Å². The molecule has 0 fully saturated rings. The summed E-state index contributed by atoms with van der Waals surface area (Å²) in [4.78, 5) is 33.2. The first-order chi connectivity index (χ1) is 9.97. The number of unbranched alkanes of at least 4 members (excludes halogenated alkanes) is 1. The highest BCUT2D eigenvalue weighted by Gasteiger charge is 2.11. The zero-order chi connectivity index (χ0) is 16.1. The van der Waals surface area contributed by atoms with Crippen molar-refractivity contribution in [2.45, 2.75) is 39.0 Å². The van der Waals surface area contributed by atoms with Gasteiger partial charge in [0, 0.05) is 32.5 Å². The van der Waals surface area contributed by atoms with Crippen LogP contribution in [0.5, 0.6) is 0 Å². The van der Waals surface area contributed by atoms with E-state index >= 15 is 0 Å². The third-order valence-corrected chi connectivity index (χ3v) is 3.01. The largest absolute Gasteiger partial charge is 0.481 e. The molecule has 7 heteroatoms. The van der Waals surface area contributed by atoms with E-state index < -0.39 is 5.97 Å². The molecule has 0 saturated heterocycles. The van der Waals surface area contributed by atoms with Crippen molar-refractivity contribution in [2.24, 2.45) is 5.92 Å². The van der Waals surface area contributed by atoms with Crippen LogP contribution in [0.2, 0.25) is 0 Å². The quantitative estimate of drug-likeness (QED) is 0.456. The van der Waals surface area contributed by atoms with Crippen LogP contribution in [0.25, 0.3) is 0 Å². The highest BCUT2D eigenvalue weighted by molar-refractivity contribution is 5.80. The van der Waals surface area contributed by atoms with E-state index in [2.05, 4.69) is 10.6 Å². The third kappa shape index (κ3) is 11.9. The van der Waals surface area contributed by atoms with E-state index in [1.807, 2.05) is 6.92 Å². The maximum Gasteiger partial charge on any atom is 0.303 e. The Morgan fingerprint density at radius 3 is 2.43 bits per heavy atom. The Labute approximate surface area is 125 Å². The molecule has 1 atom stereocenters. The fourth-order valence-electron chi connectivity index (χ4n) is 1.69. The minimum Gasteiger partial charge on any atom is -0.481 e. The minimum atomic E-state index is -0.974. The lowest BCUT2D eigenvalue weighted by atomic mass is 10.0. The predicted octanol–water partition coefficient (Wildman–Crippen LogP) is 0.536. The molecule has 0 aliphatic carbocycles. The number of hydrogen-bond donors (Lipinski definition) is 3. The molecule has 0 aromatic rings. The van der Waals surface area contributed by atoms with Gasteiger partial charge in [0.2, 0.25) is 11.8 Å².